The number of carbonyl (C=O) groups excluding carboxylic acids is 1. The summed E-state index contributed by atoms with van der Waals surface area (Å²) in [4.78, 5) is 20.8. The Morgan fingerprint density at radius 2 is 2.33 bits per heavy atom. The highest BCUT2D eigenvalue weighted by molar-refractivity contribution is 7.14. The van der Waals surface area contributed by atoms with Crippen molar-refractivity contribution in [3.8, 4) is 0 Å². The van der Waals surface area contributed by atoms with Gasteiger partial charge in [-0.2, -0.15) is 0 Å². The largest absolute Gasteiger partial charge is 0.316 e. The van der Waals surface area contributed by atoms with Crippen LogP contribution < -0.4 is 10.2 Å². The van der Waals surface area contributed by atoms with Crippen molar-refractivity contribution in [2.45, 2.75) is 51.2 Å². The van der Waals surface area contributed by atoms with Gasteiger partial charge in [0.15, 0.2) is 5.13 Å². The van der Waals surface area contributed by atoms with E-state index in [-0.39, 0.29) is 5.91 Å². The van der Waals surface area contributed by atoms with Crippen LogP contribution in [-0.2, 0) is 11.3 Å². The number of hydrogen-bond donors (Lipinski definition) is 1. The van der Waals surface area contributed by atoms with Gasteiger partial charge in [0.1, 0.15) is 0 Å². The highest BCUT2D eigenvalue weighted by Crippen LogP contribution is 2.33. The number of amides is 1. The van der Waals surface area contributed by atoms with Crippen molar-refractivity contribution in [3.05, 3.63) is 11.1 Å². The zero-order chi connectivity index (χ0) is 14.8. The number of hydrogen-bond acceptors (Lipinski definition) is 5. The maximum atomic E-state index is 11.8. The molecule has 0 radical (unpaired) electrons. The van der Waals surface area contributed by atoms with Crippen LogP contribution in [0.2, 0.25) is 0 Å². The molecule has 6 heteroatoms. The molecule has 0 spiro atoms. The first-order valence-electron chi connectivity index (χ1n) is 7.81. The third kappa shape index (κ3) is 3.62. The van der Waals surface area contributed by atoms with Gasteiger partial charge in [0.25, 0.3) is 0 Å². The number of likely N-dealkylation sites (tertiary alicyclic amines) is 1. The average molecular weight is 308 g/mol. The number of piperidine rings is 1. The predicted octanol–water partition coefficient (Wildman–Crippen LogP) is 1.84. The van der Waals surface area contributed by atoms with E-state index in [0.717, 1.165) is 43.3 Å². The van der Waals surface area contributed by atoms with E-state index in [0.29, 0.717) is 12.1 Å². The summed E-state index contributed by atoms with van der Waals surface area (Å²) in [6.07, 6.45) is 4.73. The molecule has 5 nitrogen and oxygen atoms in total. The van der Waals surface area contributed by atoms with E-state index in [4.69, 9.17) is 4.98 Å². The lowest BCUT2D eigenvalue weighted by Gasteiger charge is -2.31. The number of likely N-dealkylation sites (N-methyl/N-ethyl adjacent to an activating group) is 1. The summed E-state index contributed by atoms with van der Waals surface area (Å²) < 4.78 is 0. The number of anilines is 1. The second-order valence-electron chi connectivity index (χ2n) is 6.10. The Balaban J connectivity index is 1.63. The molecule has 1 atom stereocenters. The van der Waals surface area contributed by atoms with Crippen LogP contribution in [0.1, 0.15) is 38.3 Å². The zero-order valence-electron chi connectivity index (χ0n) is 12.8. The van der Waals surface area contributed by atoms with Crippen LogP contribution in [0.3, 0.4) is 0 Å². The normalized spacial score (nSPS) is 23.2. The summed E-state index contributed by atoms with van der Waals surface area (Å²) in [6.45, 7) is 4.76. The van der Waals surface area contributed by atoms with Gasteiger partial charge in [-0.05, 0) is 39.3 Å². The number of aromatic nitrogens is 1. The Hall–Kier alpha value is -0.980. The summed E-state index contributed by atoms with van der Waals surface area (Å²) in [6, 6.07) is 0.988. The molecule has 1 unspecified atom stereocenters. The fourth-order valence-corrected chi connectivity index (χ4v) is 3.95. The molecular weight excluding hydrogens is 284 g/mol. The van der Waals surface area contributed by atoms with Gasteiger partial charge in [-0.1, -0.05) is 0 Å². The smallest absolute Gasteiger partial charge is 0.225 e. The van der Waals surface area contributed by atoms with E-state index in [1.54, 1.807) is 18.3 Å². The van der Waals surface area contributed by atoms with E-state index < -0.39 is 0 Å². The van der Waals surface area contributed by atoms with Gasteiger partial charge in [0, 0.05) is 37.5 Å². The molecule has 2 heterocycles. The standard InChI is InChI=1S/C15H24N4OS/c1-11(20)19(14-5-6-14)15-17-13(10-21-15)9-18-7-3-4-12(8-18)16-2/h10,12,14,16H,3-9H2,1-2H3. The molecule has 1 amide bonds. The minimum atomic E-state index is 0.117. The summed E-state index contributed by atoms with van der Waals surface area (Å²) in [5, 5.41) is 6.35. The highest BCUT2D eigenvalue weighted by Gasteiger charge is 2.33. The molecular formula is C15H24N4OS. The van der Waals surface area contributed by atoms with Crippen LogP contribution >= 0.6 is 11.3 Å². The van der Waals surface area contributed by atoms with Gasteiger partial charge in [-0.15, -0.1) is 11.3 Å². The van der Waals surface area contributed by atoms with Gasteiger partial charge in [-0.3, -0.25) is 14.6 Å². The van der Waals surface area contributed by atoms with Crippen molar-refractivity contribution >= 4 is 22.4 Å². The highest BCUT2D eigenvalue weighted by atomic mass is 32.1. The molecule has 1 saturated carbocycles. The topological polar surface area (TPSA) is 48.5 Å². The van der Waals surface area contributed by atoms with Crippen molar-refractivity contribution in [1.82, 2.24) is 15.2 Å². The van der Waals surface area contributed by atoms with Gasteiger partial charge in [-0.25, -0.2) is 4.98 Å². The lowest BCUT2D eigenvalue weighted by molar-refractivity contribution is -0.116. The Bertz CT molecular complexity index is 500. The van der Waals surface area contributed by atoms with Crippen molar-refractivity contribution in [1.29, 1.82) is 0 Å². The van der Waals surface area contributed by atoms with Crippen molar-refractivity contribution < 1.29 is 4.79 Å². The van der Waals surface area contributed by atoms with E-state index in [2.05, 4.69) is 15.6 Å². The van der Waals surface area contributed by atoms with Crippen molar-refractivity contribution in [2.24, 2.45) is 0 Å². The fraction of sp³-hybridized carbons (Fsp3) is 0.733. The minimum absolute atomic E-state index is 0.117. The Kier molecular flexibility index (Phi) is 4.57. The maximum Gasteiger partial charge on any atom is 0.225 e. The summed E-state index contributed by atoms with van der Waals surface area (Å²) in [7, 11) is 2.04. The SMILES string of the molecule is CNC1CCCN(Cc2csc(N(C(C)=O)C3CC3)n2)C1. The van der Waals surface area contributed by atoms with Gasteiger partial charge in [0.05, 0.1) is 5.69 Å². The summed E-state index contributed by atoms with van der Waals surface area (Å²) in [5.74, 6) is 0.117. The molecule has 1 saturated heterocycles. The number of nitrogens with one attached hydrogen (secondary N) is 1. The van der Waals surface area contributed by atoms with Crippen LogP contribution in [0.4, 0.5) is 5.13 Å². The first kappa shape index (κ1) is 14.9. The number of carbonyl (C=O) groups is 1. The third-order valence-corrected chi connectivity index (χ3v) is 5.19. The van der Waals surface area contributed by atoms with Crippen molar-refractivity contribution in [2.75, 3.05) is 25.0 Å². The first-order valence-corrected chi connectivity index (χ1v) is 8.69. The monoisotopic (exact) mass is 308 g/mol. The average Bonchev–Trinajstić information content (AvgIpc) is 3.19. The number of rotatable bonds is 5. The summed E-state index contributed by atoms with van der Waals surface area (Å²) >= 11 is 1.60. The van der Waals surface area contributed by atoms with E-state index >= 15 is 0 Å². The Labute approximate surface area is 130 Å². The van der Waals surface area contributed by atoms with Crippen molar-refractivity contribution in [3.63, 3.8) is 0 Å². The van der Waals surface area contributed by atoms with Crippen LogP contribution in [0.5, 0.6) is 0 Å². The molecule has 2 aliphatic rings. The number of nitrogens with zero attached hydrogens (tertiary/aromatic N) is 3. The lowest BCUT2D eigenvalue weighted by atomic mass is 10.1. The predicted molar refractivity (Wildman–Crippen MR) is 85.7 cm³/mol. The second-order valence-corrected chi connectivity index (χ2v) is 6.94. The molecule has 1 aliphatic carbocycles. The minimum Gasteiger partial charge on any atom is -0.316 e. The van der Waals surface area contributed by atoms with Crippen LogP contribution in [-0.4, -0.2) is 48.0 Å². The van der Waals surface area contributed by atoms with Crippen LogP contribution in [0.25, 0.3) is 0 Å². The molecule has 116 valence electrons. The van der Waals surface area contributed by atoms with Gasteiger partial charge in [0.2, 0.25) is 5.91 Å². The van der Waals surface area contributed by atoms with E-state index in [1.165, 1.54) is 12.8 Å². The molecule has 1 N–H and O–H groups in total. The van der Waals surface area contributed by atoms with Crippen LogP contribution in [0, 0.1) is 0 Å². The summed E-state index contributed by atoms with van der Waals surface area (Å²) in [5.41, 5.74) is 1.10. The third-order valence-electron chi connectivity index (χ3n) is 4.30. The number of thiazole rings is 1. The molecule has 1 aromatic rings. The first-order chi connectivity index (χ1) is 10.2. The van der Waals surface area contributed by atoms with E-state index in [1.807, 2.05) is 11.9 Å². The second kappa shape index (κ2) is 6.42. The van der Waals surface area contributed by atoms with E-state index in [9.17, 15) is 4.79 Å². The Morgan fingerprint density at radius 1 is 1.52 bits per heavy atom. The lowest BCUT2D eigenvalue weighted by Crippen LogP contribution is -2.43. The molecule has 2 fully saturated rings. The molecule has 3 rings (SSSR count). The molecule has 1 aliphatic heterocycles. The zero-order valence-corrected chi connectivity index (χ0v) is 13.7. The van der Waals surface area contributed by atoms with Crippen LogP contribution in [0.15, 0.2) is 5.38 Å². The molecule has 0 aromatic carbocycles. The fourth-order valence-electron chi connectivity index (χ4n) is 3.02. The maximum absolute atomic E-state index is 11.8. The molecule has 0 bridgehead atoms. The van der Waals surface area contributed by atoms with Gasteiger partial charge < -0.3 is 5.32 Å². The Morgan fingerprint density at radius 3 is 3.00 bits per heavy atom. The quantitative estimate of drug-likeness (QED) is 0.902. The van der Waals surface area contributed by atoms with Gasteiger partial charge >= 0.3 is 0 Å². The molecule has 21 heavy (non-hydrogen) atoms. The molecule has 1 aromatic heterocycles.